The van der Waals surface area contributed by atoms with Crippen LogP contribution in [0.2, 0.25) is 0 Å². The lowest BCUT2D eigenvalue weighted by atomic mass is 9.92. The van der Waals surface area contributed by atoms with Gasteiger partial charge in [-0.15, -0.1) is 0 Å². The van der Waals surface area contributed by atoms with Gasteiger partial charge in [-0.2, -0.15) is 0 Å². The van der Waals surface area contributed by atoms with E-state index in [0.717, 1.165) is 18.4 Å². The first-order valence-corrected chi connectivity index (χ1v) is 9.25. The van der Waals surface area contributed by atoms with Gasteiger partial charge in [-0.1, -0.05) is 72.8 Å². The number of benzene rings is 2. The quantitative estimate of drug-likeness (QED) is 0.627. The summed E-state index contributed by atoms with van der Waals surface area (Å²) in [6, 6.07) is 20.4. The van der Waals surface area contributed by atoms with Crippen molar-refractivity contribution in [2.24, 2.45) is 5.92 Å². The van der Waals surface area contributed by atoms with E-state index in [9.17, 15) is 4.79 Å². The Labute approximate surface area is 155 Å². The largest absolute Gasteiger partial charge is 0.348 e. The number of carbonyl (C=O) groups is 1. The summed E-state index contributed by atoms with van der Waals surface area (Å²) in [7, 11) is 0. The Morgan fingerprint density at radius 3 is 2.31 bits per heavy atom. The second-order valence-corrected chi connectivity index (χ2v) is 6.75. The molecule has 0 spiro atoms. The molecule has 3 heteroatoms. The van der Waals surface area contributed by atoms with Crippen molar-refractivity contribution in [3.05, 3.63) is 83.9 Å². The Morgan fingerprint density at radius 2 is 1.65 bits per heavy atom. The van der Waals surface area contributed by atoms with E-state index in [0.29, 0.717) is 13.0 Å². The predicted molar refractivity (Wildman–Crippen MR) is 103 cm³/mol. The highest BCUT2D eigenvalue weighted by molar-refractivity contribution is 5.75. The minimum atomic E-state index is -0.334. The number of ether oxygens (including phenoxy) is 2. The van der Waals surface area contributed by atoms with E-state index in [1.54, 1.807) is 6.92 Å². The molecule has 0 unspecified atom stereocenters. The molecule has 0 aliphatic carbocycles. The van der Waals surface area contributed by atoms with Crippen molar-refractivity contribution in [3.8, 4) is 0 Å². The van der Waals surface area contributed by atoms with Gasteiger partial charge in [0.2, 0.25) is 0 Å². The molecule has 3 rings (SSSR count). The average Bonchev–Trinajstić information content (AvgIpc) is 2.69. The number of allylic oxidation sites excluding steroid dienone is 2. The van der Waals surface area contributed by atoms with E-state index in [1.165, 1.54) is 5.56 Å². The van der Waals surface area contributed by atoms with E-state index >= 15 is 0 Å². The highest BCUT2D eigenvalue weighted by Gasteiger charge is 2.33. The number of hydrogen-bond donors (Lipinski definition) is 0. The maximum absolute atomic E-state index is 11.0. The Bertz CT molecular complexity index is 709. The molecular weight excluding hydrogens is 324 g/mol. The van der Waals surface area contributed by atoms with Gasteiger partial charge in [0.1, 0.15) is 5.78 Å². The van der Waals surface area contributed by atoms with E-state index in [-0.39, 0.29) is 24.1 Å². The van der Waals surface area contributed by atoms with Crippen LogP contribution in [0.5, 0.6) is 0 Å². The van der Waals surface area contributed by atoms with Gasteiger partial charge in [0.25, 0.3) is 0 Å². The highest BCUT2D eigenvalue weighted by atomic mass is 16.7. The fraction of sp³-hybridized carbons (Fsp3) is 0.348. The third kappa shape index (κ3) is 5.13. The molecule has 136 valence electrons. The van der Waals surface area contributed by atoms with Gasteiger partial charge >= 0.3 is 0 Å². The van der Waals surface area contributed by atoms with Crippen LogP contribution in [-0.2, 0) is 14.3 Å². The van der Waals surface area contributed by atoms with E-state index in [4.69, 9.17) is 9.47 Å². The molecule has 2 aromatic carbocycles. The van der Waals surface area contributed by atoms with Gasteiger partial charge in [0.05, 0.1) is 12.7 Å². The zero-order chi connectivity index (χ0) is 18.2. The minimum Gasteiger partial charge on any atom is -0.348 e. The Kier molecular flexibility index (Phi) is 6.75. The number of hydrogen-bond acceptors (Lipinski definition) is 3. The third-order valence-corrected chi connectivity index (χ3v) is 4.63. The highest BCUT2D eigenvalue weighted by Crippen LogP contribution is 2.39. The molecule has 3 atom stereocenters. The molecule has 0 aromatic heterocycles. The van der Waals surface area contributed by atoms with Gasteiger partial charge in [-0.25, -0.2) is 0 Å². The molecule has 0 saturated carbocycles. The molecule has 0 amide bonds. The van der Waals surface area contributed by atoms with E-state index in [1.807, 2.05) is 48.5 Å². The van der Waals surface area contributed by atoms with Gasteiger partial charge in [-0.3, -0.25) is 0 Å². The number of Topliss-reactive ketones (excluding diaryl/α,β-unsaturated/α-hetero) is 1. The maximum Gasteiger partial charge on any atom is 0.184 e. The molecule has 3 nitrogen and oxygen atoms in total. The summed E-state index contributed by atoms with van der Waals surface area (Å²) in [6.07, 6.45) is 6.18. The Morgan fingerprint density at radius 1 is 1.00 bits per heavy atom. The monoisotopic (exact) mass is 350 g/mol. The van der Waals surface area contributed by atoms with Crippen molar-refractivity contribution in [1.29, 1.82) is 0 Å². The van der Waals surface area contributed by atoms with Gasteiger partial charge < -0.3 is 14.3 Å². The van der Waals surface area contributed by atoms with Crippen LogP contribution in [0.25, 0.3) is 0 Å². The first-order valence-electron chi connectivity index (χ1n) is 9.25. The van der Waals surface area contributed by atoms with Crippen LogP contribution in [0, 0.1) is 5.92 Å². The molecular formula is C23H26O3. The first kappa shape index (κ1) is 18.6. The summed E-state index contributed by atoms with van der Waals surface area (Å²) in [4.78, 5) is 11.0. The molecule has 1 heterocycles. The summed E-state index contributed by atoms with van der Waals surface area (Å²) >= 11 is 0. The van der Waals surface area contributed by atoms with Gasteiger partial charge in [-0.05, 0) is 25.3 Å². The zero-order valence-corrected chi connectivity index (χ0v) is 15.2. The molecule has 1 saturated heterocycles. The lowest BCUT2D eigenvalue weighted by Gasteiger charge is -2.36. The smallest absolute Gasteiger partial charge is 0.184 e. The van der Waals surface area contributed by atoms with Crippen molar-refractivity contribution in [2.45, 2.75) is 38.6 Å². The number of ketones is 1. The summed E-state index contributed by atoms with van der Waals surface area (Å²) in [5.41, 5.74) is 2.22. The van der Waals surface area contributed by atoms with E-state index < -0.39 is 0 Å². The average molecular weight is 350 g/mol. The van der Waals surface area contributed by atoms with Crippen molar-refractivity contribution >= 4 is 5.78 Å². The van der Waals surface area contributed by atoms with Crippen LogP contribution >= 0.6 is 0 Å². The first-order chi connectivity index (χ1) is 12.7. The fourth-order valence-electron chi connectivity index (χ4n) is 3.23. The lowest BCUT2D eigenvalue weighted by Crippen LogP contribution is -2.30. The summed E-state index contributed by atoms with van der Waals surface area (Å²) < 4.78 is 12.4. The molecule has 0 radical (unpaired) electrons. The molecule has 1 aliphatic rings. The number of rotatable bonds is 7. The van der Waals surface area contributed by atoms with Crippen LogP contribution in [-0.4, -0.2) is 12.4 Å². The molecule has 2 aromatic rings. The van der Waals surface area contributed by atoms with Crippen molar-refractivity contribution in [1.82, 2.24) is 0 Å². The second kappa shape index (κ2) is 9.46. The van der Waals surface area contributed by atoms with Crippen molar-refractivity contribution in [2.75, 3.05) is 6.61 Å². The third-order valence-electron chi connectivity index (χ3n) is 4.63. The summed E-state index contributed by atoms with van der Waals surface area (Å²) in [6.45, 7) is 2.28. The molecule has 0 bridgehead atoms. The molecule has 1 fully saturated rings. The van der Waals surface area contributed by atoms with Crippen LogP contribution in [0.4, 0.5) is 0 Å². The Hall–Kier alpha value is -2.23. The van der Waals surface area contributed by atoms with E-state index in [2.05, 4.69) is 24.3 Å². The molecule has 1 aliphatic heterocycles. The van der Waals surface area contributed by atoms with Crippen LogP contribution in [0.3, 0.4) is 0 Å². The van der Waals surface area contributed by atoms with Crippen LogP contribution in [0.15, 0.2) is 72.8 Å². The zero-order valence-electron chi connectivity index (χ0n) is 15.2. The topological polar surface area (TPSA) is 35.5 Å². The maximum atomic E-state index is 11.0. The fourth-order valence-corrected chi connectivity index (χ4v) is 3.23. The predicted octanol–water partition coefficient (Wildman–Crippen LogP) is 5.41. The number of carbonyl (C=O) groups excluding carboxylic acids is 1. The summed E-state index contributed by atoms with van der Waals surface area (Å²) in [5.74, 6) is 0.484. The van der Waals surface area contributed by atoms with Gasteiger partial charge in [0.15, 0.2) is 6.29 Å². The van der Waals surface area contributed by atoms with Crippen molar-refractivity contribution < 1.29 is 14.3 Å². The summed E-state index contributed by atoms with van der Waals surface area (Å²) in [5, 5.41) is 0. The Balaban J connectivity index is 1.69. The van der Waals surface area contributed by atoms with Gasteiger partial charge in [0, 0.05) is 17.9 Å². The van der Waals surface area contributed by atoms with Crippen LogP contribution in [0.1, 0.15) is 49.7 Å². The van der Waals surface area contributed by atoms with Crippen LogP contribution < -0.4 is 0 Å². The second-order valence-electron chi connectivity index (χ2n) is 6.75. The minimum absolute atomic E-state index is 0.00684. The lowest BCUT2D eigenvalue weighted by molar-refractivity contribution is -0.243. The molecule has 0 N–H and O–H groups in total. The molecule has 26 heavy (non-hydrogen) atoms. The normalized spacial score (nSPS) is 23.2. The standard InChI is InChI=1S/C23H26O3/c1-18(24)11-5-2-10-16-21-17-25-23(20-14-8-4-9-15-20)26-22(21)19-12-6-3-7-13-19/h2-4,6-10,12-15,21-23H,5,11,16-17H2,1H3/b10-2-/t21-,22-,23+/m1/s1. The van der Waals surface area contributed by atoms with Crippen molar-refractivity contribution in [3.63, 3.8) is 0 Å². The SMILES string of the molecule is CC(=O)CC/C=C\C[C@@H]1CO[C@H](c2ccccc2)O[C@@H]1c1ccccc1.